The number of rotatable bonds is 4. The number of nitrogens with one attached hydrogen (secondary N) is 1. The number of piperazine rings is 1. The normalized spacial score (nSPS) is 17.9. The lowest BCUT2D eigenvalue weighted by Crippen LogP contribution is -2.74. The van der Waals surface area contributed by atoms with Crippen LogP contribution >= 0.6 is 12.4 Å². The molecule has 1 aromatic carbocycles. The molecule has 0 spiro atoms. The average Bonchev–Trinajstić information content (AvgIpc) is 2.93. The van der Waals surface area contributed by atoms with E-state index in [0.717, 1.165) is 5.56 Å². The first-order chi connectivity index (χ1) is 11.3. The molecule has 25 heavy (non-hydrogen) atoms. The van der Waals surface area contributed by atoms with Crippen LogP contribution in [0.1, 0.15) is 19.4 Å². The third kappa shape index (κ3) is 4.23. The van der Waals surface area contributed by atoms with Gasteiger partial charge in [-0.1, -0.05) is 30.3 Å². The van der Waals surface area contributed by atoms with E-state index in [1.54, 1.807) is 0 Å². The number of benzene rings is 1. The molecule has 0 atom stereocenters. The number of hydrogen-bond donors (Lipinski definition) is 0. The van der Waals surface area contributed by atoms with Crippen LogP contribution in [0.4, 0.5) is 5.88 Å². The number of sulfonamides is 1. The third-order valence-electron chi connectivity index (χ3n) is 4.11. The molecule has 0 amide bonds. The molecule has 1 aliphatic heterocycles. The lowest BCUT2D eigenvalue weighted by Gasteiger charge is -2.41. The van der Waals surface area contributed by atoms with Crippen LogP contribution in [-0.2, 0) is 15.8 Å². The molecule has 10 heteroatoms. The summed E-state index contributed by atoms with van der Waals surface area (Å²) in [4.78, 5) is 1.48. The summed E-state index contributed by atoms with van der Waals surface area (Å²) >= 11 is 0. The quantitative estimate of drug-likeness (QED) is 0.743. The lowest BCUT2D eigenvalue weighted by atomic mass is 10.0. The third-order valence-corrected chi connectivity index (χ3v) is 5.91. The Balaban J connectivity index is 0.00000225. The summed E-state index contributed by atoms with van der Waals surface area (Å²) in [6.07, 6.45) is 1.47. The summed E-state index contributed by atoms with van der Waals surface area (Å²) < 4.78 is 31.8. The zero-order chi connectivity index (χ0) is 17.4. The maximum atomic E-state index is 12.7. The Morgan fingerprint density at radius 1 is 1.28 bits per heavy atom. The first kappa shape index (κ1) is 19.5. The van der Waals surface area contributed by atoms with E-state index in [1.165, 1.54) is 15.3 Å². The highest BCUT2D eigenvalue weighted by Crippen LogP contribution is 2.21. The van der Waals surface area contributed by atoms with Gasteiger partial charge in [0.1, 0.15) is 11.4 Å². The predicted octanol–water partition coefficient (Wildman–Crippen LogP) is 1.63. The molecular weight excluding hydrogens is 366 g/mol. The van der Waals surface area contributed by atoms with Gasteiger partial charge in [-0.15, -0.1) is 17.4 Å². The van der Waals surface area contributed by atoms with Crippen LogP contribution in [0.25, 0.3) is 5.73 Å². The van der Waals surface area contributed by atoms with Crippen molar-refractivity contribution in [1.82, 2.24) is 9.58 Å². The molecule has 0 unspecified atom stereocenters. The van der Waals surface area contributed by atoms with Gasteiger partial charge in [0, 0.05) is 13.1 Å². The fraction of sp³-hybridized carbons (Fsp3) is 0.467. The van der Waals surface area contributed by atoms with Crippen LogP contribution in [-0.4, -0.2) is 43.2 Å². The molecule has 1 fully saturated rings. The fourth-order valence-electron chi connectivity index (χ4n) is 2.95. The van der Waals surface area contributed by atoms with Gasteiger partial charge in [0.15, 0.2) is 0 Å². The summed E-state index contributed by atoms with van der Waals surface area (Å²) in [7, 11) is -3.39. The Kier molecular flexibility index (Phi) is 5.60. The van der Waals surface area contributed by atoms with E-state index in [-0.39, 0.29) is 24.0 Å². The first-order valence-electron chi connectivity index (χ1n) is 7.68. The molecule has 1 aliphatic rings. The highest BCUT2D eigenvalue weighted by molar-refractivity contribution is 7.88. The van der Waals surface area contributed by atoms with Gasteiger partial charge in [-0.2, -0.15) is 4.31 Å². The van der Waals surface area contributed by atoms with Gasteiger partial charge >= 0.3 is 0 Å². The molecule has 1 N–H and O–H groups in total. The van der Waals surface area contributed by atoms with E-state index in [1.807, 2.05) is 49.2 Å². The Morgan fingerprint density at radius 2 is 1.96 bits per heavy atom. The van der Waals surface area contributed by atoms with Gasteiger partial charge in [0.2, 0.25) is 15.3 Å². The van der Waals surface area contributed by atoms with Crippen molar-refractivity contribution in [3.8, 4) is 0 Å². The molecule has 2 aromatic rings. The van der Waals surface area contributed by atoms with Crippen LogP contribution in [0.5, 0.6) is 0 Å². The van der Waals surface area contributed by atoms with Crippen LogP contribution in [0.3, 0.4) is 0 Å². The highest BCUT2D eigenvalue weighted by Gasteiger charge is 2.43. The number of nitrogens with zero attached hydrogens (tertiary/aromatic N) is 4. The maximum Gasteiger partial charge on any atom is 0.256 e. The molecule has 0 aliphatic carbocycles. The van der Waals surface area contributed by atoms with Gasteiger partial charge in [0.05, 0.1) is 17.1 Å². The minimum atomic E-state index is -3.39. The molecular formula is C15H22ClN5O3S. The Hall–Kier alpha value is -1.84. The lowest BCUT2D eigenvalue weighted by molar-refractivity contribution is -0.766. The molecule has 0 radical (unpaired) electrons. The van der Waals surface area contributed by atoms with E-state index in [4.69, 9.17) is 10.3 Å². The number of aromatic nitrogens is 2. The van der Waals surface area contributed by atoms with Crippen molar-refractivity contribution < 1.29 is 17.7 Å². The monoisotopic (exact) mass is 387 g/mol. The van der Waals surface area contributed by atoms with Crippen molar-refractivity contribution in [3.63, 3.8) is 0 Å². The van der Waals surface area contributed by atoms with Crippen LogP contribution < -0.4 is 9.80 Å². The Bertz CT molecular complexity index is 810. The van der Waals surface area contributed by atoms with Crippen molar-refractivity contribution in [1.29, 1.82) is 0 Å². The zero-order valence-electron chi connectivity index (χ0n) is 14.1. The molecule has 2 heterocycles. The minimum Gasteiger partial charge on any atom is -0.660 e. The average molecular weight is 388 g/mol. The second-order valence-corrected chi connectivity index (χ2v) is 8.47. The summed E-state index contributed by atoms with van der Waals surface area (Å²) in [6, 6.07) is 9.19. The smallest absolute Gasteiger partial charge is 0.256 e. The summed E-state index contributed by atoms with van der Waals surface area (Å²) in [6.45, 7) is 5.07. The van der Waals surface area contributed by atoms with Crippen molar-refractivity contribution in [2.24, 2.45) is 0 Å². The second-order valence-electron chi connectivity index (χ2n) is 6.50. The first-order valence-corrected chi connectivity index (χ1v) is 9.29. The molecule has 0 bridgehead atoms. The van der Waals surface area contributed by atoms with Gasteiger partial charge in [-0.3, -0.25) is 0 Å². The van der Waals surface area contributed by atoms with E-state index >= 15 is 0 Å². The second kappa shape index (κ2) is 7.19. The van der Waals surface area contributed by atoms with Gasteiger partial charge in [0.25, 0.3) is 6.20 Å². The van der Waals surface area contributed by atoms with Crippen LogP contribution in [0.2, 0.25) is 0 Å². The maximum absolute atomic E-state index is 12.7. The standard InChI is InChI=1S/C15H21N5O3S.ClH/c1-15(2)12-18(8-9-19(15)20-10-14(16)23-17-20)24(21,22)11-13-6-4-3-5-7-13;/h3-7,10,16H,8-9,11-12H2,1-2H3;1H. The molecule has 8 nitrogen and oxygen atoms in total. The topological polar surface area (TPSA) is 94.3 Å². The molecule has 1 saturated heterocycles. The van der Waals surface area contributed by atoms with Crippen molar-refractivity contribution in [2.75, 3.05) is 24.6 Å². The van der Waals surface area contributed by atoms with Gasteiger partial charge in [-0.05, 0) is 19.4 Å². The number of hydrogen-bond acceptors (Lipinski definition) is 5. The van der Waals surface area contributed by atoms with Gasteiger partial charge in [-0.25, -0.2) is 8.42 Å². The molecule has 0 saturated carbocycles. The van der Waals surface area contributed by atoms with E-state index in [0.29, 0.717) is 19.6 Å². The van der Waals surface area contributed by atoms with Crippen LogP contribution in [0, 0.1) is 0 Å². The van der Waals surface area contributed by atoms with E-state index in [2.05, 4.69) is 5.27 Å². The van der Waals surface area contributed by atoms with Crippen molar-refractivity contribution in [3.05, 3.63) is 47.8 Å². The molecule has 1 aromatic heterocycles. The summed E-state index contributed by atoms with van der Waals surface area (Å²) in [5, 5.41) is 5.71. The summed E-state index contributed by atoms with van der Waals surface area (Å²) in [5.41, 5.74) is 7.75. The molecule has 138 valence electrons. The predicted molar refractivity (Wildman–Crippen MR) is 95.7 cm³/mol. The van der Waals surface area contributed by atoms with Crippen LogP contribution in [0.15, 0.2) is 41.1 Å². The van der Waals surface area contributed by atoms with E-state index < -0.39 is 15.6 Å². The Labute approximate surface area is 153 Å². The number of halogens is 1. The van der Waals surface area contributed by atoms with E-state index in [9.17, 15) is 8.42 Å². The summed E-state index contributed by atoms with van der Waals surface area (Å²) in [5.74, 6) is -0.0392. The largest absolute Gasteiger partial charge is 0.660 e. The van der Waals surface area contributed by atoms with Gasteiger partial charge < -0.3 is 10.3 Å². The van der Waals surface area contributed by atoms with Crippen molar-refractivity contribution in [2.45, 2.75) is 25.1 Å². The fourth-order valence-corrected chi connectivity index (χ4v) is 4.61. The minimum absolute atomic E-state index is 0. The van der Waals surface area contributed by atoms with Crippen molar-refractivity contribution >= 4 is 28.3 Å². The zero-order valence-corrected chi connectivity index (χ0v) is 15.8. The SMILES string of the molecule is CC1(C)CN(S(=O)(=O)Cc2ccccc2)CCN1[n+]1cc([NH-])on1.Cl. The Morgan fingerprint density at radius 3 is 2.52 bits per heavy atom. The highest BCUT2D eigenvalue weighted by atomic mass is 35.5. The molecule has 3 rings (SSSR count).